The molecule has 0 radical (unpaired) electrons. The molecular formula is C21H36IN5O3. The van der Waals surface area contributed by atoms with Crippen molar-refractivity contribution >= 4 is 35.8 Å². The number of guanidine groups is 1. The highest BCUT2D eigenvalue weighted by molar-refractivity contribution is 14.0. The van der Waals surface area contributed by atoms with Crippen LogP contribution < -0.4 is 15.4 Å². The van der Waals surface area contributed by atoms with Gasteiger partial charge in [0.2, 0.25) is 5.91 Å². The molecule has 0 aromatic heterocycles. The number of halogens is 1. The van der Waals surface area contributed by atoms with Gasteiger partial charge in [-0.05, 0) is 31.5 Å². The van der Waals surface area contributed by atoms with Gasteiger partial charge in [0.05, 0.1) is 33.4 Å². The van der Waals surface area contributed by atoms with Crippen LogP contribution in [0.25, 0.3) is 0 Å². The van der Waals surface area contributed by atoms with E-state index >= 15 is 0 Å². The van der Waals surface area contributed by atoms with Gasteiger partial charge in [-0.2, -0.15) is 0 Å². The molecule has 0 aliphatic carbocycles. The summed E-state index contributed by atoms with van der Waals surface area (Å²) in [5, 5.41) is 6.47. The highest BCUT2D eigenvalue weighted by Gasteiger charge is 2.10. The van der Waals surface area contributed by atoms with Gasteiger partial charge in [0.1, 0.15) is 5.75 Å². The van der Waals surface area contributed by atoms with Crippen LogP contribution in [0.2, 0.25) is 0 Å². The maximum Gasteiger partial charge on any atom is 0.241 e. The van der Waals surface area contributed by atoms with Crippen LogP contribution in [0.15, 0.2) is 23.2 Å². The molecule has 1 fully saturated rings. The van der Waals surface area contributed by atoms with Gasteiger partial charge in [-0.1, -0.05) is 12.1 Å². The number of nitrogens with one attached hydrogen (secondary N) is 2. The van der Waals surface area contributed by atoms with Crippen molar-refractivity contribution in [2.75, 3.05) is 67.1 Å². The Balaban J connectivity index is 0.00000450. The highest BCUT2D eigenvalue weighted by atomic mass is 127. The van der Waals surface area contributed by atoms with Crippen LogP contribution >= 0.6 is 24.0 Å². The molecule has 8 nitrogen and oxygen atoms in total. The van der Waals surface area contributed by atoms with Crippen LogP contribution in [0.3, 0.4) is 0 Å². The number of morpholine rings is 1. The summed E-state index contributed by atoms with van der Waals surface area (Å²) >= 11 is 0. The molecule has 0 atom stereocenters. The molecule has 2 N–H and O–H groups in total. The fourth-order valence-electron chi connectivity index (χ4n) is 2.97. The van der Waals surface area contributed by atoms with E-state index in [1.807, 2.05) is 25.1 Å². The number of ether oxygens (including phenoxy) is 2. The monoisotopic (exact) mass is 533 g/mol. The molecule has 1 aromatic carbocycles. The first-order valence-corrected chi connectivity index (χ1v) is 10.2. The highest BCUT2D eigenvalue weighted by Crippen LogP contribution is 2.20. The molecule has 1 aromatic rings. The van der Waals surface area contributed by atoms with Gasteiger partial charge in [0, 0.05) is 39.3 Å². The number of amides is 1. The lowest BCUT2D eigenvalue weighted by molar-refractivity contribution is -0.127. The average Bonchev–Trinajstić information content (AvgIpc) is 2.73. The number of rotatable bonds is 9. The second-order valence-corrected chi connectivity index (χ2v) is 7.36. The van der Waals surface area contributed by atoms with Crippen LogP contribution in [0.4, 0.5) is 0 Å². The molecule has 1 aliphatic rings. The third-order valence-electron chi connectivity index (χ3n) is 4.80. The summed E-state index contributed by atoms with van der Waals surface area (Å²) in [6, 6.07) is 6.08. The third-order valence-corrected chi connectivity index (χ3v) is 4.80. The largest absolute Gasteiger partial charge is 0.496 e. The Bertz CT molecular complexity index is 679. The van der Waals surface area contributed by atoms with Crippen LogP contribution in [0, 0.1) is 6.92 Å². The number of hydrogen-bond acceptors (Lipinski definition) is 5. The summed E-state index contributed by atoms with van der Waals surface area (Å²) in [6.45, 7) is 8.11. The lowest BCUT2D eigenvalue weighted by Crippen LogP contribution is -2.44. The first kappa shape index (κ1) is 26.4. The zero-order valence-electron chi connectivity index (χ0n) is 18.6. The molecule has 2 rings (SSSR count). The molecule has 170 valence electrons. The Morgan fingerprint density at radius 2 is 2.00 bits per heavy atom. The van der Waals surface area contributed by atoms with Gasteiger partial charge in [-0.3, -0.25) is 9.69 Å². The molecule has 30 heavy (non-hydrogen) atoms. The lowest BCUT2D eigenvalue weighted by Gasteiger charge is -2.26. The number of methoxy groups -OCH3 is 1. The molecule has 1 amide bonds. The first-order valence-electron chi connectivity index (χ1n) is 10.2. The predicted octanol–water partition coefficient (Wildman–Crippen LogP) is 1.47. The minimum absolute atomic E-state index is 0. The summed E-state index contributed by atoms with van der Waals surface area (Å²) in [4.78, 5) is 20.6. The van der Waals surface area contributed by atoms with Gasteiger partial charge in [-0.25, -0.2) is 4.99 Å². The van der Waals surface area contributed by atoms with E-state index in [1.54, 1.807) is 26.1 Å². The molecule has 0 saturated carbocycles. The molecule has 1 heterocycles. The number of aliphatic imine (C=N–C) groups is 1. The van der Waals surface area contributed by atoms with Crippen molar-refractivity contribution in [3.63, 3.8) is 0 Å². The van der Waals surface area contributed by atoms with E-state index < -0.39 is 0 Å². The standard InChI is InChI=1S/C21H35N5O3.HI/c1-17-6-7-18(19(14-17)28-4)15-23-21(24-16-20(27)25(2)3)22-8-5-9-26-10-12-29-13-11-26;/h6-7,14H,5,8-13,15-16H2,1-4H3,(H2,22,23,24);1H. The number of likely N-dealkylation sites (N-methyl/N-ethyl adjacent to an activating group) is 1. The number of benzene rings is 1. The van der Waals surface area contributed by atoms with Crippen LogP contribution in [0.1, 0.15) is 17.5 Å². The van der Waals surface area contributed by atoms with E-state index in [0.29, 0.717) is 12.5 Å². The quantitative estimate of drug-likeness (QED) is 0.217. The zero-order chi connectivity index (χ0) is 21.1. The fourth-order valence-corrected chi connectivity index (χ4v) is 2.97. The first-order chi connectivity index (χ1) is 14.0. The van der Waals surface area contributed by atoms with Crippen LogP contribution in [-0.4, -0.2) is 88.8 Å². The van der Waals surface area contributed by atoms with Crippen molar-refractivity contribution in [3.05, 3.63) is 29.3 Å². The second-order valence-electron chi connectivity index (χ2n) is 7.36. The molecule has 0 spiro atoms. The topological polar surface area (TPSA) is 78.4 Å². The van der Waals surface area contributed by atoms with Crippen LogP contribution in [-0.2, 0) is 16.1 Å². The van der Waals surface area contributed by atoms with Gasteiger partial charge in [-0.15, -0.1) is 24.0 Å². The Morgan fingerprint density at radius 1 is 1.27 bits per heavy atom. The number of nitrogens with zero attached hydrogens (tertiary/aromatic N) is 3. The van der Waals surface area contributed by atoms with Crippen molar-refractivity contribution in [1.29, 1.82) is 0 Å². The summed E-state index contributed by atoms with van der Waals surface area (Å²) < 4.78 is 10.9. The van der Waals surface area contributed by atoms with Crippen molar-refractivity contribution < 1.29 is 14.3 Å². The maximum atomic E-state index is 11.9. The van der Waals surface area contributed by atoms with Crippen molar-refractivity contribution in [1.82, 2.24) is 20.4 Å². The normalized spacial score (nSPS) is 14.6. The van der Waals surface area contributed by atoms with Crippen LogP contribution in [0.5, 0.6) is 5.75 Å². The Labute approximate surface area is 197 Å². The molecule has 1 aliphatic heterocycles. The summed E-state index contributed by atoms with van der Waals surface area (Å²) in [6.07, 6.45) is 0.996. The summed E-state index contributed by atoms with van der Waals surface area (Å²) in [5.74, 6) is 1.45. The number of carbonyl (C=O) groups excluding carboxylic acids is 1. The smallest absolute Gasteiger partial charge is 0.241 e. The zero-order valence-corrected chi connectivity index (χ0v) is 20.9. The maximum absolute atomic E-state index is 11.9. The summed E-state index contributed by atoms with van der Waals surface area (Å²) in [7, 11) is 5.16. The minimum atomic E-state index is 0. The molecule has 9 heteroatoms. The Morgan fingerprint density at radius 3 is 2.67 bits per heavy atom. The van der Waals surface area contributed by atoms with E-state index in [4.69, 9.17) is 9.47 Å². The predicted molar refractivity (Wildman–Crippen MR) is 131 cm³/mol. The van der Waals surface area contributed by atoms with E-state index in [-0.39, 0.29) is 36.4 Å². The molecule has 0 unspecified atom stereocenters. The number of carbonyl (C=O) groups is 1. The fraction of sp³-hybridized carbons (Fsp3) is 0.619. The Hall–Kier alpha value is -1.59. The second kappa shape index (κ2) is 14.4. The van der Waals surface area contributed by atoms with Crippen molar-refractivity contribution in [2.45, 2.75) is 19.9 Å². The summed E-state index contributed by atoms with van der Waals surface area (Å²) in [5.41, 5.74) is 2.15. The van der Waals surface area contributed by atoms with Gasteiger partial charge in [0.15, 0.2) is 5.96 Å². The van der Waals surface area contributed by atoms with E-state index in [2.05, 4.69) is 20.5 Å². The van der Waals surface area contributed by atoms with E-state index in [9.17, 15) is 4.79 Å². The van der Waals surface area contributed by atoms with Gasteiger partial charge >= 0.3 is 0 Å². The lowest BCUT2D eigenvalue weighted by atomic mass is 10.1. The molecular weight excluding hydrogens is 497 g/mol. The third kappa shape index (κ3) is 9.48. The van der Waals surface area contributed by atoms with Gasteiger partial charge < -0.3 is 25.0 Å². The molecule has 1 saturated heterocycles. The minimum Gasteiger partial charge on any atom is -0.496 e. The SMILES string of the molecule is COc1cc(C)ccc1CN=C(NCCCN1CCOCC1)NCC(=O)N(C)C.I. The number of hydrogen-bond donors (Lipinski definition) is 2. The van der Waals surface area contributed by atoms with Gasteiger partial charge in [0.25, 0.3) is 0 Å². The van der Waals surface area contributed by atoms with E-state index in [1.165, 1.54) is 0 Å². The number of aryl methyl sites for hydroxylation is 1. The molecule has 0 bridgehead atoms. The van der Waals surface area contributed by atoms with Crippen molar-refractivity contribution in [3.8, 4) is 5.75 Å². The average molecular weight is 533 g/mol. The Kier molecular flexibility index (Phi) is 12.7. The van der Waals surface area contributed by atoms with Crippen molar-refractivity contribution in [2.24, 2.45) is 4.99 Å². The van der Waals surface area contributed by atoms with E-state index in [0.717, 1.165) is 62.7 Å².